The lowest BCUT2D eigenvalue weighted by Gasteiger charge is -2.22. The van der Waals surface area contributed by atoms with Gasteiger partial charge in [-0.15, -0.1) is 0 Å². The zero-order valence-electron chi connectivity index (χ0n) is 13.1. The molecular weight excluding hydrogens is 294 g/mol. The van der Waals surface area contributed by atoms with Crippen LogP contribution < -0.4 is 5.32 Å². The molecule has 0 heterocycles. The number of carbonyl (C=O) groups is 4. The molecule has 1 fully saturated rings. The molecule has 0 saturated heterocycles. The van der Waals surface area contributed by atoms with Crippen molar-refractivity contribution in [1.29, 1.82) is 0 Å². The Labute approximate surface area is 134 Å². The third kappa shape index (κ3) is 2.71. The van der Waals surface area contributed by atoms with Gasteiger partial charge in [-0.05, 0) is 18.9 Å². The van der Waals surface area contributed by atoms with E-state index < -0.39 is 17.5 Å². The maximum Gasteiger partial charge on any atom is 0.221 e. The van der Waals surface area contributed by atoms with Gasteiger partial charge in [0.1, 0.15) is 5.92 Å². The second-order valence-electron chi connectivity index (χ2n) is 6.31. The van der Waals surface area contributed by atoms with Crippen LogP contribution in [0.25, 0.3) is 0 Å². The molecule has 2 aliphatic rings. The van der Waals surface area contributed by atoms with E-state index in [2.05, 4.69) is 5.32 Å². The van der Waals surface area contributed by atoms with Gasteiger partial charge in [-0.3, -0.25) is 19.2 Å². The average Bonchev–Trinajstić information content (AvgIpc) is 2.79. The smallest absolute Gasteiger partial charge is 0.221 e. The number of nitrogens with one attached hydrogen (secondary N) is 1. The van der Waals surface area contributed by atoms with Gasteiger partial charge in [-0.1, -0.05) is 31.4 Å². The lowest BCUT2D eigenvalue weighted by molar-refractivity contribution is -0.125. The topological polar surface area (TPSA) is 80.3 Å². The number of fused-ring (bicyclic) bond motifs is 1. The van der Waals surface area contributed by atoms with E-state index in [1.807, 2.05) is 0 Å². The Morgan fingerprint density at radius 1 is 1.04 bits per heavy atom. The van der Waals surface area contributed by atoms with Crippen LogP contribution in [0.2, 0.25) is 0 Å². The van der Waals surface area contributed by atoms with Crippen LogP contribution in [0.5, 0.6) is 0 Å². The monoisotopic (exact) mass is 313 g/mol. The zero-order valence-corrected chi connectivity index (χ0v) is 13.1. The van der Waals surface area contributed by atoms with Crippen molar-refractivity contribution in [2.75, 3.05) is 5.32 Å². The molecule has 120 valence electrons. The fourth-order valence-corrected chi connectivity index (χ4v) is 3.62. The number of amides is 1. The van der Waals surface area contributed by atoms with Gasteiger partial charge in [0.05, 0.1) is 11.3 Å². The maximum absolute atomic E-state index is 12.7. The van der Waals surface area contributed by atoms with Crippen LogP contribution >= 0.6 is 0 Å². The molecule has 0 aliphatic heterocycles. The molecule has 1 unspecified atom stereocenters. The average molecular weight is 313 g/mol. The highest BCUT2D eigenvalue weighted by molar-refractivity contribution is 6.37. The maximum atomic E-state index is 12.7. The Kier molecular flexibility index (Phi) is 4.11. The third-order valence-corrected chi connectivity index (χ3v) is 4.70. The van der Waals surface area contributed by atoms with Crippen LogP contribution in [-0.2, 0) is 9.59 Å². The summed E-state index contributed by atoms with van der Waals surface area (Å²) in [6.07, 6.45) is 4.55. The first kappa shape index (κ1) is 15.6. The molecule has 1 N–H and O–H groups in total. The van der Waals surface area contributed by atoms with Crippen molar-refractivity contribution in [2.45, 2.75) is 39.0 Å². The summed E-state index contributed by atoms with van der Waals surface area (Å²) in [6, 6.07) is 4.75. The summed E-state index contributed by atoms with van der Waals surface area (Å²) in [5.41, 5.74) is 0.740. The van der Waals surface area contributed by atoms with E-state index in [0.717, 1.165) is 32.1 Å². The molecule has 5 nitrogen and oxygen atoms in total. The molecule has 1 aromatic rings. The molecule has 0 aromatic heterocycles. The standard InChI is InChI=1S/C18H19NO4/c1-10(20)19-13-9-5-8-12-14(13)18(23)15(17(12)22)16(21)11-6-3-2-4-7-11/h5,8-9,11,15H,2-4,6-7H2,1H3,(H,19,20). The van der Waals surface area contributed by atoms with E-state index in [4.69, 9.17) is 0 Å². The lowest BCUT2D eigenvalue weighted by atomic mass is 9.80. The number of Topliss-reactive ketones (excluding diaryl/α,β-unsaturated/α-hetero) is 3. The molecule has 3 rings (SSSR count). The molecule has 1 amide bonds. The van der Waals surface area contributed by atoms with Crippen LogP contribution in [-0.4, -0.2) is 23.3 Å². The van der Waals surface area contributed by atoms with E-state index in [0.29, 0.717) is 5.69 Å². The van der Waals surface area contributed by atoms with E-state index in [9.17, 15) is 19.2 Å². The van der Waals surface area contributed by atoms with Crippen LogP contribution in [0.1, 0.15) is 59.7 Å². The highest BCUT2D eigenvalue weighted by atomic mass is 16.2. The van der Waals surface area contributed by atoms with Crippen molar-refractivity contribution in [2.24, 2.45) is 11.8 Å². The summed E-state index contributed by atoms with van der Waals surface area (Å²) in [5, 5.41) is 2.57. The molecule has 5 heteroatoms. The SMILES string of the molecule is CC(=O)Nc1cccc2c1C(=O)C(C(=O)C1CCCCC1)C2=O. The van der Waals surface area contributed by atoms with E-state index in [1.165, 1.54) is 6.92 Å². The van der Waals surface area contributed by atoms with Gasteiger partial charge in [0, 0.05) is 18.4 Å². The van der Waals surface area contributed by atoms with Gasteiger partial charge in [-0.25, -0.2) is 0 Å². The zero-order chi connectivity index (χ0) is 16.6. The van der Waals surface area contributed by atoms with Crippen LogP contribution in [0.3, 0.4) is 0 Å². The first-order chi connectivity index (χ1) is 11.0. The molecule has 1 saturated carbocycles. The first-order valence-corrected chi connectivity index (χ1v) is 8.03. The summed E-state index contributed by atoms with van der Waals surface area (Å²) < 4.78 is 0. The minimum atomic E-state index is -1.22. The Bertz CT molecular complexity index is 701. The predicted molar refractivity (Wildman–Crippen MR) is 84.5 cm³/mol. The Balaban J connectivity index is 1.94. The molecule has 0 spiro atoms. The van der Waals surface area contributed by atoms with Crippen molar-refractivity contribution in [3.05, 3.63) is 29.3 Å². The fourth-order valence-electron chi connectivity index (χ4n) is 3.62. The minimum absolute atomic E-state index is 0.182. The molecule has 0 radical (unpaired) electrons. The van der Waals surface area contributed by atoms with Crippen molar-refractivity contribution < 1.29 is 19.2 Å². The molecule has 1 atom stereocenters. The molecular formula is C18H19NO4. The summed E-state index contributed by atoms with van der Waals surface area (Å²) in [5.74, 6) is -2.87. The Hall–Kier alpha value is -2.30. The van der Waals surface area contributed by atoms with Crippen molar-refractivity contribution in [3.8, 4) is 0 Å². The lowest BCUT2D eigenvalue weighted by Crippen LogP contribution is -2.32. The number of benzene rings is 1. The quantitative estimate of drug-likeness (QED) is 0.870. The second-order valence-corrected chi connectivity index (χ2v) is 6.31. The third-order valence-electron chi connectivity index (χ3n) is 4.70. The number of hydrogen-bond donors (Lipinski definition) is 1. The van der Waals surface area contributed by atoms with E-state index >= 15 is 0 Å². The van der Waals surface area contributed by atoms with Gasteiger partial charge >= 0.3 is 0 Å². The Morgan fingerprint density at radius 2 is 1.74 bits per heavy atom. The van der Waals surface area contributed by atoms with Crippen molar-refractivity contribution in [3.63, 3.8) is 0 Å². The summed E-state index contributed by atoms with van der Waals surface area (Å²) in [6.45, 7) is 1.34. The number of hydrogen-bond acceptors (Lipinski definition) is 4. The number of ketones is 3. The van der Waals surface area contributed by atoms with Gasteiger partial charge in [0.15, 0.2) is 17.3 Å². The predicted octanol–water partition coefficient (Wildman–Crippen LogP) is 2.79. The van der Waals surface area contributed by atoms with Crippen LogP contribution in [0.15, 0.2) is 18.2 Å². The largest absolute Gasteiger partial charge is 0.326 e. The normalized spacial score (nSPS) is 21.2. The summed E-state index contributed by atoms with van der Waals surface area (Å²) in [7, 11) is 0. The van der Waals surface area contributed by atoms with Crippen molar-refractivity contribution >= 4 is 28.9 Å². The number of carbonyl (C=O) groups excluding carboxylic acids is 4. The molecule has 2 aliphatic carbocycles. The highest BCUT2D eigenvalue weighted by Crippen LogP contribution is 2.36. The fraction of sp³-hybridized carbons (Fsp3) is 0.444. The first-order valence-electron chi connectivity index (χ1n) is 8.03. The number of rotatable bonds is 3. The molecule has 23 heavy (non-hydrogen) atoms. The molecule has 0 bridgehead atoms. The highest BCUT2D eigenvalue weighted by Gasteiger charge is 2.46. The minimum Gasteiger partial charge on any atom is -0.326 e. The summed E-state index contributed by atoms with van der Waals surface area (Å²) in [4.78, 5) is 49.3. The van der Waals surface area contributed by atoms with Gasteiger partial charge in [-0.2, -0.15) is 0 Å². The van der Waals surface area contributed by atoms with Crippen LogP contribution in [0, 0.1) is 11.8 Å². The van der Waals surface area contributed by atoms with Gasteiger partial charge in [0.25, 0.3) is 0 Å². The van der Waals surface area contributed by atoms with Gasteiger partial charge < -0.3 is 5.32 Å². The van der Waals surface area contributed by atoms with Crippen molar-refractivity contribution in [1.82, 2.24) is 0 Å². The second kappa shape index (κ2) is 6.07. The van der Waals surface area contributed by atoms with Crippen LogP contribution in [0.4, 0.5) is 5.69 Å². The van der Waals surface area contributed by atoms with Gasteiger partial charge in [0.2, 0.25) is 5.91 Å². The molecule has 1 aromatic carbocycles. The van der Waals surface area contributed by atoms with E-state index in [1.54, 1.807) is 18.2 Å². The van der Waals surface area contributed by atoms with E-state index in [-0.39, 0.29) is 28.7 Å². The summed E-state index contributed by atoms with van der Waals surface area (Å²) >= 11 is 0. The number of anilines is 1. The Morgan fingerprint density at radius 3 is 2.39 bits per heavy atom.